The highest BCUT2D eigenvalue weighted by Gasteiger charge is 2.55. The van der Waals surface area contributed by atoms with Gasteiger partial charge in [-0.25, -0.2) is 0 Å². The van der Waals surface area contributed by atoms with Crippen molar-refractivity contribution in [3.05, 3.63) is 237 Å². The maximum absolute atomic E-state index is 5.12. The Morgan fingerprint density at radius 3 is 1.54 bits per heavy atom. The van der Waals surface area contributed by atoms with E-state index in [1.165, 1.54) is 48.5 Å². The Kier molecular flexibility index (Phi) is 7.99. The molecule has 1 aromatic heterocycles. The molecule has 4 nitrogen and oxygen atoms in total. The van der Waals surface area contributed by atoms with E-state index < -0.39 is 8.07 Å². The van der Waals surface area contributed by atoms with Crippen LogP contribution in [0.2, 0.25) is 0 Å². The summed E-state index contributed by atoms with van der Waals surface area (Å²) in [6.07, 6.45) is 1.92. The molecule has 63 heavy (non-hydrogen) atoms. The number of hydrogen-bond acceptors (Lipinski definition) is 4. The highest BCUT2D eigenvalue weighted by molar-refractivity contribution is 7.26. The Morgan fingerprint density at radius 1 is 0.365 bits per heavy atom. The average molecular weight is 819 g/mol. The maximum Gasteiger partial charge on any atom is 0.246 e. The zero-order valence-corrected chi connectivity index (χ0v) is 35.4. The molecule has 0 bridgehead atoms. The molecule has 10 aromatic rings. The van der Waals surface area contributed by atoms with Gasteiger partial charge in [-0.05, 0) is 92.3 Å². The van der Waals surface area contributed by atoms with E-state index in [0.717, 1.165) is 50.7 Å². The van der Waals surface area contributed by atoms with Gasteiger partial charge in [0.2, 0.25) is 6.71 Å². The second kappa shape index (κ2) is 14.1. The van der Waals surface area contributed by atoms with Gasteiger partial charge in [0, 0.05) is 28.6 Å². The number of anilines is 9. The molecule has 3 aliphatic heterocycles. The first kappa shape index (κ1) is 35.8. The molecular weight excluding hydrogens is 780 g/mol. The first-order chi connectivity index (χ1) is 31.3. The van der Waals surface area contributed by atoms with Crippen LogP contribution in [0.5, 0.6) is 0 Å². The molecule has 4 heterocycles. The molecule has 0 saturated carbocycles. The van der Waals surface area contributed by atoms with Crippen molar-refractivity contribution in [3.8, 4) is 0 Å². The molecule has 294 valence electrons. The van der Waals surface area contributed by atoms with Gasteiger partial charge in [-0.2, -0.15) is 0 Å². The van der Waals surface area contributed by atoms with Gasteiger partial charge in [0.15, 0.2) is 8.07 Å². The van der Waals surface area contributed by atoms with E-state index >= 15 is 0 Å². The number of rotatable bonds is 5. The third-order valence-corrected chi connectivity index (χ3v) is 18.4. The van der Waals surface area contributed by atoms with Gasteiger partial charge in [0.1, 0.15) is 0 Å². The zero-order chi connectivity index (χ0) is 41.5. The topological polar surface area (TPSA) is 22.6 Å². The summed E-state index contributed by atoms with van der Waals surface area (Å²) in [7, 11) is -3.11. The number of benzene rings is 9. The van der Waals surface area contributed by atoms with Crippen LogP contribution in [0.3, 0.4) is 0 Å². The Morgan fingerprint density at radius 2 is 0.873 bits per heavy atom. The highest BCUT2D eigenvalue weighted by atomic mass is 28.3. The van der Waals surface area contributed by atoms with E-state index in [1.54, 1.807) is 0 Å². The molecule has 0 radical (unpaired) electrons. The van der Waals surface area contributed by atoms with Gasteiger partial charge >= 0.3 is 0 Å². The summed E-state index contributed by atoms with van der Waals surface area (Å²) >= 11 is 0. The lowest BCUT2D eigenvalue weighted by atomic mass is 9.34. The van der Waals surface area contributed by atoms with Crippen LogP contribution < -0.4 is 51.8 Å². The first-order valence-electron chi connectivity index (χ1n) is 21.8. The summed E-state index contributed by atoms with van der Waals surface area (Å²) in [4.78, 5) is 12.8. The number of fused-ring (bicyclic) bond motifs is 8. The molecule has 0 saturated heterocycles. The van der Waals surface area contributed by atoms with Crippen LogP contribution in [0.15, 0.2) is 237 Å². The lowest BCUT2D eigenvalue weighted by Gasteiger charge is -2.51. The summed E-state index contributed by atoms with van der Waals surface area (Å²) in [6, 6.07) is 85.7. The number of aromatic nitrogens is 1. The van der Waals surface area contributed by atoms with Crippen molar-refractivity contribution in [1.82, 2.24) is 4.98 Å². The predicted molar refractivity (Wildman–Crippen MR) is 268 cm³/mol. The smallest absolute Gasteiger partial charge is 0.246 e. The summed E-state index contributed by atoms with van der Waals surface area (Å²) in [5.41, 5.74) is 15.1. The Labute approximate surface area is 368 Å². The van der Waals surface area contributed by atoms with Gasteiger partial charge in [-0.1, -0.05) is 175 Å². The third kappa shape index (κ3) is 5.07. The van der Waals surface area contributed by atoms with E-state index in [1.807, 2.05) is 12.3 Å². The molecule has 9 aromatic carbocycles. The minimum Gasteiger partial charge on any atom is -0.309 e. The predicted octanol–water partition coefficient (Wildman–Crippen LogP) is 9.48. The van der Waals surface area contributed by atoms with Crippen molar-refractivity contribution < 1.29 is 0 Å². The molecule has 0 amide bonds. The molecule has 6 heteroatoms. The molecule has 0 spiro atoms. The monoisotopic (exact) mass is 818 g/mol. The number of pyridine rings is 1. The molecule has 13 rings (SSSR count). The second-order valence-electron chi connectivity index (χ2n) is 16.6. The molecule has 0 fully saturated rings. The van der Waals surface area contributed by atoms with Crippen LogP contribution >= 0.6 is 0 Å². The minimum absolute atomic E-state index is 0.0248. The van der Waals surface area contributed by atoms with Crippen LogP contribution in [-0.4, -0.2) is 19.8 Å². The average Bonchev–Trinajstić information content (AvgIpc) is 3.36. The molecule has 0 atom stereocenters. The van der Waals surface area contributed by atoms with Crippen LogP contribution in [0.4, 0.5) is 51.2 Å². The normalized spacial score (nSPS) is 14.0. The third-order valence-electron chi connectivity index (χ3n) is 13.5. The second-order valence-corrected chi connectivity index (χ2v) is 20.4. The number of hydrogen-bond donors (Lipinski definition) is 0. The fourth-order valence-electron chi connectivity index (χ4n) is 11.1. The van der Waals surface area contributed by atoms with Gasteiger partial charge in [0.25, 0.3) is 0 Å². The van der Waals surface area contributed by atoms with Gasteiger partial charge in [-0.3, -0.25) is 4.98 Å². The number of nitrogens with zero attached hydrogens (tertiary/aromatic N) is 4. The summed E-state index contributed by atoms with van der Waals surface area (Å²) in [6.45, 7) is -0.0248. The van der Waals surface area contributed by atoms with Crippen molar-refractivity contribution in [1.29, 1.82) is 0 Å². The van der Waals surface area contributed by atoms with Crippen molar-refractivity contribution in [2.24, 2.45) is 0 Å². The highest BCUT2D eigenvalue weighted by Crippen LogP contribution is 2.59. The van der Waals surface area contributed by atoms with Crippen LogP contribution in [0.1, 0.15) is 0 Å². The number of para-hydroxylation sites is 6. The zero-order valence-electron chi connectivity index (χ0n) is 34.4. The van der Waals surface area contributed by atoms with E-state index in [4.69, 9.17) is 4.98 Å². The SMILES string of the molecule is c1ccc(N2c3ccccc3N(c3cccc4cccnc34)c3cc4c5c(c32)N(c2ccccc2)c2ccccc2B5c2ccccc2[Si]4(c2ccccc2)c2ccccc2)cc1. The Balaban J connectivity index is 1.30. The fraction of sp³-hybridized carbons (Fsp3) is 0. The summed E-state index contributed by atoms with van der Waals surface area (Å²) < 4.78 is 0. The van der Waals surface area contributed by atoms with Crippen LogP contribution in [0, 0.1) is 0 Å². The van der Waals surface area contributed by atoms with Crippen molar-refractivity contribution in [2.45, 2.75) is 0 Å². The Bertz CT molecular complexity index is 3340. The van der Waals surface area contributed by atoms with Crippen molar-refractivity contribution >= 4 is 114 Å². The first-order valence-corrected chi connectivity index (χ1v) is 23.8. The van der Waals surface area contributed by atoms with Gasteiger partial charge < -0.3 is 14.7 Å². The summed E-state index contributed by atoms with van der Waals surface area (Å²) in [5.74, 6) is 0. The van der Waals surface area contributed by atoms with E-state index in [9.17, 15) is 0 Å². The van der Waals surface area contributed by atoms with E-state index in [2.05, 4.69) is 239 Å². The lowest BCUT2D eigenvalue weighted by Crippen LogP contribution is -2.87. The van der Waals surface area contributed by atoms with Crippen LogP contribution in [-0.2, 0) is 0 Å². The molecule has 0 aliphatic carbocycles. The quantitative estimate of drug-likeness (QED) is 0.162. The minimum atomic E-state index is -3.11. The molecular formula is C57H39BN4Si. The molecule has 0 unspecified atom stereocenters. The van der Waals surface area contributed by atoms with E-state index in [-0.39, 0.29) is 6.71 Å². The largest absolute Gasteiger partial charge is 0.309 e. The molecule has 0 N–H and O–H groups in total. The van der Waals surface area contributed by atoms with Crippen molar-refractivity contribution in [2.75, 3.05) is 14.7 Å². The summed E-state index contributed by atoms with van der Waals surface area (Å²) in [5, 5.41) is 6.67. The van der Waals surface area contributed by atoms with Gasteiger partial charge in [-0.15, -0.1) is 0 Å². The van der Waals surface area contributed by atoms with E-state index in [0.29, 0.717) is 0 Å². The Hall–Kier alpha value is -7.93. The lowest BCUT2D eigenvalue weighted by molar-refractivity contribution is 1.16. The fourth-order valence-corrected chi connectivity index (χ4v) is 16.4. The van der Waals surface area contributed by atoms with Crippen LogP contribution in [0.25, 0.3) is 10.9 Å². The van der Waals surface area contributed by atoms with Crippen molar-refractivity contribution in [3.63, 3.8) is 0 Å². The maximum atomic E-state index is 5.12. The standard InChI is InChI=1S/C57H39BN4Si/c1-5-23-41(24-6-1)60-47-33-15-13-31-45(47)58-46-32-14-18-37-52(46)63(43-27-9-3-10-28-43,44-29-11-4-12-30-44)53-39-51-56(57(60)54(53)58)61(42-25-7-2-8-26-42)48-34-16-17-35-49(48)62(51)50-36-19-21-40-22-20-38-59-55(40)50/h1-39H. The molecule has 3 aliphatic rings. The van der Waals surface area contributed by atoms with Gasteiger partial charge in [0.05, 0.1) is 39.6 Å².